The first-order chi connectivity index (χ1) is 7.79. The lowest BCUT2D eigenvalue weighted by Crippen LogP contribution is -1.96. The SMILES string of the molecule is CSc1nc(Cl)c2cc3ccccc3n2n1. The molecule has 0 radical (unpaired) electrons. The van der Waals surface area contributed by atoms with E-state index in [1.807, 2.05) is 41.1 Å². The van der Waals surface area contributed by atoms with Crippen molar-refractivity contribution in [3.05, 3.63) is 35.5 Å². The van der Waals surface area contributed by atoms with E-state index in [4.69, 9.17) is 11.6 Å². The van der Waals surface area contributed by atoms with Gasteiger partial charge in [0.1, 0.15) is 5.52 Å². The lowest BCUT2D eigenvalue weighted by atomic mass is 10.2. The van der Waals surface area contributed by atoms with E-state index in [1.165, 1.54) is 11.8 Å². The summed E-state index contributed by atoms with van der Waals surface area (Å²) in [4.78, 5) is 4.21. The second-order valence-corrected chi connectivity index (χ2v) is 4.52. The zero-order valence-electron chi connectivity index (χ0n) is 8.51. The average molecular weight is 250 g/mol. The van der Waals surface area contributed by atoms with Crippen LogP contribution in [0.1, 0.15) is 0 Å². The third-order valence-corrected chi connectivity index (χ3v) is 3.27. The number of hydrogen-bond acceptors (Lipinski definition) is 3. The van der Waals surface area contributed by atoms with E-state index in [-0.39, 0.29) is 0 Å². The van der Waals surface area contributed by atoms with Crippen molar-refractivity contribution in [2.24, 2.45) is 0 Å². The number of halogens is 1. The Morgan fingerprint density at radius 1 is 1.25 bits per heavy atom. The fraction of sp³-hybridized carbons (Fsp3) is 0.0909. The molecule has 80 valence electrons. The van der Waals surface area contributed by atoms with Crippen LogP contribution in [-0.4, -0.2) is 20.9 Å². The molecule has 1 aromatic carbocycles. The van der Waals surface area contributed by atoms with E-state index in [2.05, 4.69) is 10.1 Å². The molecule has 3 aromatic rings. The Kier molecular flexibility index (Phi) is 2.26. The number of thioether (sulfide) groups is 1. The van der Waals surface area contributed by atoms with Crippen LogP contribution in [0.25, 0.3) is 16.4 Å². The van der Waals surface area contributed by atoms with Crippen molar-refractivity contribution >= 4 is 39.8 Å². The first-order valence-corrected chi connectivity index (χ1v) is 6.38. The van der Waals surface area contributed by atoms with Crippen LogP contribution < -0.4 is 0 Å². The van der Waals surface area contributed by atoms with Gasteiger partial charge in [-0.25, -0.2) is 9.50 Å². The third-order valence-electron chi connectivity index (χ3n) is 2.46. The summed E-state index contributed by atoms with van der Waals surface area (Å²) in [5.41, 5.74) is 1.90. The van der Waals surface area contributed by atoms with Crippen LogP contribution >= 0.6 is 23.4 Å². The average Bonchev–Trinajstić information content (AvgIpc) is 2.68. The summed E-state index contributed by atoms with van der Waals surface area (Å²) in [5, 5.41) is 6.72. The molecule has 0 spiro atoms. The zero-order chi connectivity index (χ0) is 11.1. The fourth-order valence-corrected chi connectivity index (χ4v) is 2.34. The molecule has 5 heteroatoms. The molecule has 0 atom stereocenters. The van der Waals surface area contributed by atoms with Crippen molar-refractivity contribution in [1.82, 2.24) is 14.6 Å². The number of benzene rings is 1. The standard InChI is InChI=1S/C11H8ClN3S/c1-16-11-13-10(12)9-6-7-4-2-3-5-8(7)15(9)14-11/h2-6H,1H3. The monoisotopic (exact) mass is 249 g/mol. The molecule has 0 saturated carbocycles. The summed E-state index contributed by atoms with van der Waals surface area (Å²) >= 11 is 7.61. The molecular weight excluding hydrogens is 242 g/mol. The summed E-state index contributed by atoms with van der Waals surface area (Å²) in [7, 11) is 0. The molecule has 0 aliphatic carbocycles. The highest BCUT2D eigenvalue weighted by atomic mass is 35.5. The maximum absolute atomic E-state index is 6.13. The Balaban J connectivity index is 2.51. The van der Waals surface area contributed by atoms with Crippen molar-refractivity contribution in [1.29, 1.82) is 0 Å². The third kappa shape index (κ3) is 1.37. The van der Waals surface area contributed by atoms with Gasteiger partial charge in [-0.2, -0.15) is 0 Å². The minimum absolute atomic E-state index is 0.496. The summed E-state index contributed by atoms with van der Waals surface area (Å²) in [5.74, 6) is 0. The molecule has 16 heavy (non-hydrogen) atoms. The maximum Gasteiger partial charge on any atom is 0.208 e. The predicted molar refractivity (Wildman–Crippen MR) is 67.3 cm³/mol. The summed E-state index contributed by atoms with van der Waals surface area (Å²) < 4.78 is 1.84. The topological polar surface area (TPSA) is 30.2 Å². The van der Waals surface area contributed by atoms with Gasteiger partial charge < -0.3 is 0 Å². The Labute approximate surface area is 101 Å². The number of hydrogen-bond donors (Lipinski definition) is 0. The number of fused-ring (bicyclic) bond motifs is 3. The van der Waals surface area contributed by atoms with Crippen LogP contribution in [0, 0.1) is 0 Å². The highest BCUT2D eigenvalue weighted by molar-refractivity contribution is 7.98. The van der Waals surface area contributed by atoms with Crippen molar-refractivity contribution in [2.45, 2.75) is 5.16 Å². The summed E-state index contributed by atoms with van der Waals surface area (Å²) in [6, 6.07) is 10.1. The van der Waals surface area contributed by atoms with Gasteiger partial charge in [-0.05, 0) is 18.4 Å². The van der Waals surface area contributed by atoms with E-state index < -0.39 is 0 Å². The first kappa shape index (κ1) is 9.93. The molecular formula is C11H8ClN3S. The van der Waals surface area contributed by atoms with Crippen LogP contribution in [0.3, 0.4) is 0 Å². The van der Waals surface area contributed by atoms with Gasteiger partial charge in [0.25, 0.3) is 0 Å². The molecule has 3 nitrogen and oxygen atoms in total. The molecule has 0 aliphatic heterocycles. The van der Waals surface area contributed by atoms with E-state index >= 15 is 0 Å². The van der Waals surface area contributed by atoms with Gasteiger partial charge in [-0.1, -0.05) is 41.6 Å². The van der Waals surface area contributed by atoms with Crippen LogP contribution in [0.4, 0.5) is 0 Å². The molecule has 2 heterocycles. The van der Waals surface area contributed by atoms with Gasteiger partial charge in [-0.3, -0.25) is 0 Å². The van der Waals surface area contributed by atoms with Gasteiger partial charge in [0.05, 0.1) is 5.52 Å². The van der Waals surface area contributed by atoms with E-state index in [0.717, 1.165) is 16.4 Å². The van der Waals surface area contributed by atoms with Crippen molar-refractivity contribution < 1.29 is 0 Å². The summed E-state index contributed by atoms with van der Waals surface area (Å²) in [6.07, 6.45) is 1.93. The van der Waals surface area contributed by atoms with E-state index in [9.17, 15) is 0 Å². The Morgan fingerprint density at radius 2 is 2.06 bits per heavy atom. The second kappa shape index (κ2) is 3.64. The molecule has 0 saturated heterocycles. The normalized spacial score (nSPS) is 11.4. The number of aromatic nitrogens is 3. The summed E-state index contributed by atoms with van der Waals surface area (Å²) in [6.45, 7) is 0. The van der Waals surface area contributed by atoms with Crippen LogP contribution in [-0.2, 0) is 0 Å². The van der Waals surface area contributed by atoms with Crippen LogP contribution in [0.15, 0.2) is 35.5 Å². The van der Waals surface area contributed by atoms with Gasteiger partial charge in [-0.15, -0.1) is 5.10 Å². The minimum atomic E-state index is 0.496. The van der Waals surface area contributed by atoms with Crippen molar-refractivity contribution in [2.75, 3.05) is 6.26 Å². The largest absolute Gasteiger partial charge is 0.227 e. The first-order valence-electron chi connectivity index (χ1n) is 4.77. The van der Waals surface area contributed by atoms with E-state index in [1.54, 1.807) is 0 Å². The Bertz CT molecular complexity index is 677. The fourth-order valence-electron chi connectivity index (χ4n) is 1.73. The smallest absolute Gasteiger partial charge is 0.208 e. The lowest BCUT2D eigenvalue weighted by Gasteiger charge is -2.00. The maximum atomic E-state index is 6.13. The predicted octanol–water partition coefficient (Wildman–Crippen LogP) is 3.26. The molecule has 0 unspecified atom stereocenters. The second-order valence-electron chi connectivity index (χ2n) is 3.39. The quantitative estimate of drug-likeness (QED) is 0.620. The lowest BCUT2D eigenvalue weighted by molar-refractivity contribution is 0.817. The number of nitrogens with zero attached hydrogens (tertiary/aromatic N) is 3. The molecule has 0 bridgehead atoms. The van der Waals surface area contributed by atoms with Gasteiger partial charge >= 0.3 is 0 Å². The Hall–Kier alpha value is -1.26. The highest BCUT2D eigenvalue weighted by Gasteiger charge is 2.09. The van der Waals surface area contributed by atoms with Crippen molar-refractivity contribution in [3.63, 3.8) is 0 Å². The van der Waals surface area contributed by atoms with Crippen molar-refractivity contribution in [3.8, 4) is 0 Å². The molecule has 0 N–H and O–H groups in total. The highest BCUT2D eigenvalue weighted by Crippen LogP contribution is 2.25. The molecule has 3 rings (SSSR count). The molecule has 0 fully saturated rings. The molecule has 2 aromatic heterocycles. The molecule has 0 amide bonds. The molecule has 0 aliphatic rings. The zero-order valence-corrected chi connectivity index (χ0v) is 10.1. The minimum Gasteiger partial charge on any atom is -0.227 e. The number of rotatable bonds is 1. The number of para-hydroxylation sites is 1. The van der Waals surface area contributed by atoms with Gasteiger partial charge in [0.2, 0.25) is 5.16 Å². The Morgan fingerprint density at radius 3 is 2.88 bits per heavy atom. The van der Waals surface area contributed by atoms with Crippen LogP contribution in [0.5, 0.6) is 0 Å². The van der Waals surface area contributed by atoms with Crippen LogP contribution in [0.2, 0.25) is 5.15 Å². The van der Waals surface area contributed by atoms with E-state index in [0.29, 0.717) is 10.3 Å². The van der Waals surface area contributed by atoms with Gasteiger partial charge in [0.15, 0.2) is 5.15 Å². The van der Waals surface area contributed by atoms with Gasteiger partial charge in [0, 0.05) is 5.39 Å².